The lowest BCUT2D eigenvalue weighted by Crippen LogP contribution is -2.31. The predicted octanol–water partition coefficient (Wildman–Crippen LogP) is 3.25. The molecule has 1 atom stereocenters. The quantitative estimate of drug-likeness (QED) is 0.424. The van der Waals surface area contributed by atoms with Crippen molar-refractivity contribution in [1.82, 2.24) is 20.0 Å². The summed E-state index contributed by atoms with van der Waals surface area (Å²) in [6, 6.07) is 18.4. The van der Waals surface area contributed by atoms with Crippen LogP contribution in [0.15, 0.2) is 76.4 Å². The number of benzene rings is 2. The van der Waals surface area contributed by atoms with Gasteiger partial charge < -0.3 is 9.15 Å². The summed E-state index contributed by atoms with van der Waals surface area (Å²) in [5.41, 5.74) is 4.23. The van der Waals surface area contributed by atoms with Crippen LogP contribution in [0.5, 0.6) is 0 Å². The molecule has 1 aliphatic heterocycles. The van der Waals surface area contributed by atoms with Crippen LogP contribution < -0.4 is 0 Å². The third-order valence-corrected chi connectivity index (χ3v) is 5.48. The van der Waals surface area contributed by atoms with Crippen LogP contribution in [0.1, 0.15) is 29.3 Å². The number of esters is 1. The first-order valence-electron chi connectivity index (χ1n) is 10.5. The Balaban J connectivity index is 1.28. The molecule has 0 spiro atoms. The Hall–Kier alpha value is -4.27. The molecule has 3 heterocycles. The minimum Gasteiger partial charge on any atom is -0.467 e. The molecule has 2 aromatic heterocycles. The average Bonchev–Trinajstić information content (AvgIpc) is 3.58. The monoisotopic (exact) mass is 443 g/mol. The van der Waals surface area contributed by atoms with Crippen LogP contribution in [0.2, 0.25) is 0 Å². The Bertz CT molecular complexity index is 1320. The van der Waals surface area contributed by atoms with Crippen molar-refractivity contribution in [2.45, 2.75) is 25.9 Å². The summed E-state index contributed by atoms with van der Waals surface area (Å²) in [6.45, 7) is 1.43. The van der Waals surface area contributed by atoms with E-state index in [0.29, 0.717) is 23.2 Å². The molecule has 0 aliphatic carbocycles. The number of rotatable bonds is 6. The maximum absolute atomic E-state index is 13.0. The molecular weight excluding hydrogens is 422 g/mol. The van der Waals surface area contributed by atoms with E-state index in [1.165, 1.54) is 9.69 Å². The molecule has 0 saturated carbocycles. The number of carbonyl (C=O) groups excluding carboxylic acids is 2. The molecule has 4 aromatic rings. The van der Waals surface area contributed by atoms with E-state index in [1.807, 2.05) is 49.4 Å². The fraction of sp³-hybridized carbons (Fsp3) is 0.208. The van der Waals surface area contributed by atoms with E-state index in [2.05, 4.69) is 15.4 Å². The highest BCUT2D eigenvalue weighted by atomic mass is 16.5. The summed E-state index contributed by atoms with van der Waals surface area (Å²) in [4.78, 5) is 25.3. The molecule has 166 valence electrons. The lowest BCUT2D eigenvalue weighted by atomic mass is 10.0. The van der Waals surface area contributed by atoms with Gasteiger partial charge in [0.1, 0.15) is 23.9 Å². The molecule has 9 nitrogen and oxygen atoms in total. The summed E-state index contributed by atoms with van der Waals surface area (Å²) in [5, 5.41) is 13.9. The molecule has 1 unspecified atom stereocenters. The molecule has 1 aliphatic rings. The summed E-state index contributed by atoms with van der Waals surface area (Å²) in [7, 11) is 0. The van der Waals surface area contributed by atoms with Gasteiger partial charge in [-0.05, 0) is 36.8 Å². The summed E-state index contributed by atoms with van der Waals surface area (Å²) >= 11 is 0. The molecule has 5 rings (SSSR count). The first-order valence-corrected chi connectivity index (χ1v) is 10.5. The number of hydrogen-bond donors (Lipinski definition) is 0. The molecule has 0 N–H and O–H groups in total. The van der Waals surface area contributed by atoms with E-state index in [9.17, 15) is 9.59 Å². The van der Waals surface area contributed by atoms with Gasteiger partial charge in [-0.25, -0.2) is 9.69 Å². The summed E-state index contributed by atoms with van der Waals surface area (Å²) in [6.07, 6.45) is 2.06. The number of aryl methyl sites for hydroxylation is 1. The van der Waals surface area contributed by atoms with Gasteiger partial charge in [-0.15, -0.1) is 5.10 Å². The second-order valence-corrected chi connectivity index (χ2v) is 7.78. The van der Waals surface area contributed by atoms with Crippen LogP contribution >= 0.6 is 0 Å². The lowest BCUT2D eigenvalue weighted by Gasteiger charge is -2.19. The minimum absolute atomic E-state index is 0.146. The molecule has 0 fully saturated rings. The van der Waals surface area contributed by atoms with Gasteiger partial charge in [-0.3, -0.25) is 9.59 Å². The number of furan rings is 1. The van der Waals surface area contributed by atoms with Crippen molar-refractivity contribution < 1.29 is 18.7 Å². The topological polar surface area (TPSA) is 103 Å². The van der Waals surface area contributed by atoms with E-state index in [-0.39, 0.29) is 6.54 Å². The molecule has 0 saturated heterocycles. The van der Waals surface area contributed by atoms with Gasteiger partial charge in [-0.1, -0.05) is 47.2 Å². The number of aromatic nitrogens is 3. The number of para-hydroxylation sites is 1. The number of carbonyl (C=O) groups is 2. The maximum Gasteiger partial charge on any atom is 0.328 e. The first kappa shape index (κ1) is 20.6. The molecule has 33 heavy (non-hydrogen) atoms. The number of amides is 1. The highest BCUT2D eigenvalue weighted by Crippen LogP contribution is 2.33. The maximum atomic E-state index is 13.0. The molecule has 0 bridgehead atoms. The molecule has 1 amide bonds. The van der Waals surface area contributed by atoms with Gasteiger partial charge >= 0.3 is 5.97 Å². The lowest BCUT2D eigenvalue weighted by molar-refractivity contribution is -0.153. The Kier molecular flexibility index (Phi) is 5.43. The van der Waals surface area contributed by atoms with Crippen molar-refractivity contribution in [3.05, 3.63) is 83.8 Å². The molecule has 2 aromatic carbocycles. The molecule has 9 heteroatoms. The largest absolute Gasteiger partial charge is 0.467 e. The normalized spacial score (nSPS) is 15.6. The number of fused-ring (bicyclic) bond motifs is 1. The van der Waals surface area contributed by atoms with E-state index >= 15 is 0 Å². The van der Waals surface area contributed by atoms with Gasteiger partial charge in [0, 0.05) is 6.42 Å². The smallest absolute Gasteiger partial charge is 0.328 e. The van der Waals surface area contributed by atoms with E-state index in [1.54, 1.807) is 24.5 Å². The fourth-order valence-corrected chi connectivity index (χ4v) is 3.77. The number of nitrogens with zero attached hydrogens (tertiary/aromatic N) is 5. The van der Waals surface area contributed by atoms with Crippen molar-refractivity contribution in [2.24, 2.45) is 5.10 Å². The Labute approximate surface area is 189 Å². The second kappa shape index (κ2) is 8.70. The van der Waals surface area contributed by atoms with Crippen LogP contribution in [-0.2, 0) is 20.9 Å². The number of hydrogen-bond acceptors (Lipinski definition) is 7. The van der Waals surface area contributed by atoms with Gasteiger partial charge in [-0.2, -0.15) is 5.10 Å². The van der Waals surface area contributed by atoms with Gasteiger partial charge in [0.25, 0.3) is 5.91 Å². The van der Waals surface area contributed by atoms with E-state index in [4.69, 9.17) is 9.15 Å². The highest BCUT2D eigenvalue weighted by molar-refractivity contribution is 6.03. The van der Waals surface area contributed by atoms with E-state index in [0.717, 1.165) is 16.8 Å². The van der Waals surface area contributed by atoms with Crippen LogP contribution in [0, 0.1) is 6.92 Å². The third kappa shape index (κ3) is 4.25. The summed E-state index contributed by atoms with van der Waals surface area (Å²) in [5.74, 6) is -0.402. The Morgan fingerprint density at radius 1 is 1.09 bits per heavy atom. The van der Waals surface area contributed by atoms with Crippen molar-refractivity contribution >= 4 is 28.6 Å². The molecule has 0 radical (unpaired) electrons. The first-order chi connectivity index (χ1) is 16.1. The standard InChI is InChI=1S/C24H21N5O4/c1-16-8-10-17(11-9-16)19-13-21(22-7-4-12-32-22)29(26-19)23(30)15-33-24(31)14-28-20-6-3-2-5-18(20)25-27-28/h2-12,21H,13-15H2,1H3. The fourth-order valence-electron chi connectivity index (χ4n) is 3.77. The van der Waals surface area contributed by atoms with Crippen molar-refractivity contribution in [2.75, 3.05) is 6.61 Å². The zero-order valence-corrected chi connectivity index (χ0v) is 17.9. The van der Waals surface area contributed by atoms with E-state index < -0.39 is 24.5 Å². The zero-order valence-electron chi connectivity index (χ0n) is 17.9. The molecular formula is C24H21N5O4. The van der Waals surface area contributed by atoms with Crippen LogP contribution in [0.3, 0.4) is 0 Å². The zero-order chi connectivity index (χ0) is 22.8. The Morgan fingerprint density at radius 2 is 1.91 bits per heavy atom. The number of ether oxygens (including phenoxy) is 1. The highest BCUT2D eigenvalue weighted by Gasteiger charge is 2.35. The summed E-state index contributed by atoms with van der Waals surface area (Å²) < 4.78 is 12.2. The van der Waals surface area contributed by atoms with Crippen molar-refractivity contribution in [3.63, 3.8) is 0 Å². The van der Waals surface area contributed by atoms with Gasteiger partial charge in [0.05, 0.1) is 17.5 Å². The SMILES string of the molecule is Cc1ccc(C2=NN(C(=O)COC(=O)Cn3nnc4ccccc43)C(c3ccco3)C2)cc1. The van der Waals surface area contributed by atoms with Crippen LogP contribution in [0.25, 0.3) is 11.0 Å². The van der Waals surface area contributed by atoms with Crippen LogP contribution in [-0.4, -0.2) is 44.2 Å². The van der Waals surface area contributed by atoms with Gasteiger partial charge in [0.15, 0.2) is 6.61 Å². The predicted molar refractivity (Wildman–Crippen MR) is 119 cm³/mol. The number of hydrazone groups is 1. The third-order valence-electron chi connectivity index (χ3n) is 5.48. The van der Waals surface area contributed by atoms with Gasteiger partial charge in [0.2, 0.25) is 0 Å². The van der Waals surface area contributed by atoms with Crippen LogP contribution in [0.4, 0.5) is 0 Å². The minimum atomic E-state index is -0.588. The second-order valence-electron chi connectivity index (χ2n) is 7.78. The average molecular weight is 443 g/mol. The Morgan fingerprint density at radius 3 is 2.70 bits per heavy atom. The van der Waals surface area contributed by atoms with Crippen molar-refractivity contribution in [3.8, 4) is 0 Å². The van der Waals surface area contributed by atoms with Crippen molar-refractivity contribution in [1.29, 1.82) is 0 Å².